The van der Waals surface area contributed by atoms with Gasteiger partial charge >= 0.3 is 0 Å². The van der Waals surface area contributed by atoms with Gasteiger partial charge in [-0.2, -0.15) is 0 Å². The fourth-order valence-corrected chi connectivity index (χ4v) is 3.31. The first-order valence-electron chi connectivity index (χ1n) is 9.88. The molecule has 1 fully saturated rings. The molecule has 0 spiro atoms. The summed E-state index contributed by atoms with van der Waals surface area (Å²) < 4.78 is 13.6. The van der Waals surface area contributed by atoms with Crippen molar-refractivity contribution in [3.05, 3.63) is 77.6 Å². The largest absolute Gasteiger partial charge is 0.339 e. The van der Waals surface area contributed by atoms with E-state index in [1.807, 2.05) is 29.2 Å². The minimum absolute atomic E-state index is 0.119. The molecule has 4 nitrogen and oxygen atoms in total. The molecule has 148 valence electrons. The summed E-state index contributed by atoms with van der Waals surface area (Å²) in [6.45, 7) is 5.09. The molecule has 2 aromatic rings. The second kappa shape index (κ2) is 10.7. The van der Waals surface area contributed by atoms with Crippen LogP contribution in [0.3, 0.4) is 0 Å². The van der Waals surface area contributed by atoms with Crippen molar-refractivity contribution in [1.82, 2.24) is 15.1 Å². The second-order valence-electron chi connectivity index (χ2n) is 7.01. The zero-order valence-electron chi connectivity index (χ0n) is 16.2. The third-order valence-corrected chi connectivity index (χ3v) is 5.00. The zero-order chi connectivity index (χ0) is 19.6. The van der Waals surface area contributed by atoms with Crippen LogP contribution in [0.4, 0.5) is 4.39 Å². The predicted molar refractivity (Wildman–Crippen MR) is 111 cm³/mol. The van der Waals surface area contributed by atoms with Gasteiger partial charge in [0.25, 0.3) is 0 Å². The van der Waals surface area contributed by atoms with Gasteiger partial charge < -0.3 is 10.2 Å². The first-order chi connectivity index (χ1) is 13.7. The maximum absolute atomic E-state index is 13.6. The standard InChI is InChI=1S/C23H28FN3O/c24-22-11-5-4-10-21(22)12-13-25-19-23(28)27-17-15-26(16-18-27)14-6-9-20-7-2-1-3-8-20/h1-11,25H,12-19H2/b9-6+. The van der Waals surface area contributed by atoms with Gasteiger partial charge in [-0.1, -0.05) is 60.7 Å². The molecule has 5 heteroatoms. The highest BCUT2D eigenvalue weighted by Gasteiger charge is 2.19. The van der Waals surface area contributed by atoms with Gasteiger partial charge in [-0.05, 0) is 30.2 Å². The summed E-state index contributed by atoms with van der Waals surface area (Å²) >= 11 is 0. The van der Waals surface area contributed by atoms with E-state index in [1.54, 1.807) is 12.1 Å². The normalized spacial score (nSPS) is 15.2. The van der Waals surface area contributed by atoms with Gasteiger partial charge in [-0.15, -0.1) is 0 Å². The zero-order valence-corrected chi connectivity index (χ0v) is 16.2. The molecule has 0 saturated carbocycles. The fourth-order valence-electron chi connectivity index (χ4n) is 3.31. The molecule has 0 aliphatic carbocycles. The van der Waals surface area contributed by atoms with Crippen molar-refractivity contribution in [3.8, 4) is 0 Å². The Balaban J connectivity index is 1.31. The summed E-state index contributed by atoms with van der Waals surface area (Å²) in [6.07, 6.45) is 4.90. The molecule has 0 unspecified atom stereocenters. The van der Waals surface area contributed by atoms with Crippen LogP contribution in [0, 0.1) is 5.82 Å². The number of piperazine rings is 1. The summed E-state index contributed by atoms with van der Waals surface area (Å²) in [5.41, 5.74) is 1.89. The molecule has 1 aliphatic rings. The van der Waals surface area contributed by atoms with Crippen LogP contribution in [-0.2, 0) is 11.2 Å². The van der Waals surface area contributed by atoms with E-state index in [-0.39, 0.29) is 11.7 Å². The molecule has 0 atom stereocenters. The molecule has 0 radical (unpaired) electrons. The molecular formula is C23H28FN3O. The van der Waals surface area contributed by atoms with Crippen molar-refractivity contribution in [1.29, 1.82) is 0 Å². The minimum atomic E-state index is -0.187. The summed E-state index contributed by atoms with van der Waals surface area (Å²) in [4.78, 5) is 16.6. The van der Waals surface area contributed by atoms with Crippen LogP contribution in [0.1, 0.15) is 11.1 Å². The maximum Gasteiger partial charge on any atom is 0.236 e. The Hall–Kier alpha value is -2.50. The van der Waals surface area contributed by atoms with Crippen molar-refractivity contribution < 1.29 is 9.18 Å². The van der Waals surface area contributed by atoms with E-state index in [9.17, 15) is 9.18 Å². The number of nitrogens with one attached hydrogen (secondary N) is 1. The van der Waals surface area contributed by atoms with E-state index in [1.165, 1.54) is 11.6 Å². The molecule has 1 saturated heterocycles. The monoisotopic (exact) mass is 381 g/mol. The third-order valence-electron chi connectivity index (χ3n) is 5.00. The van der Waals surface area contributed by atoms with E-state index in [0.717, 1.165) is 32.7 Å². The Morgan fingerprint density at radius 2 is 1.71 bits per heavy atom. The fraction of sp³-hybridized carbons (Fsp3) is 0.348. The van der Waals surface area contributed by atoms with Crippen molar-refractivity contribution in [2.75, 3.05) is 45.8 Å². The quantitative estimate of drug-likeness (QED) is 0.715. The van der Waals surface area contributed by atoms with Crippen LogP contribution in [0.5, 0.6) is 0 Å². The van der Waals surface area contributed by atoms with Crippen LogP contribution in [0.2, 0.25) is 0 Å². The molecule has 1 amide bonds. The number of hydrogen-bond donors (Lipinski definition) is 1. The highest BCUT2D eigenvalue weighted by atomic mass is 19.1. The maximum atomic E-state index is 13.6. The topological polar surface area (TPSA) is 35.6 Å². The average molecular weight is 381 g/mol. The Morgan fingerprint density at radius 3 is 2.46 bits per heavy atom. The van der Waals surface area contributed by atoms with Crippen molar-refractivity contribution >= 4 is 12.0 Å². The Bertz CT molecular complexity index is 770. The summed E-state index contributed by atoms with van der Waals surface area (Å²) in [6, 6.07) is 17.0. The van der Waals surface area contributed by atoms with Crippen molar-refractivity contribution in [2.45, 2.75) is 6.42 Å². The van der Waals surface area contributed by atoms with Crippen LogP contribution < -0.4 is 5.32 Å². The summed E-state index contributed by atoms with van der Waals surface area (Å²) in [5.74, 6) is -0.0685. The highest BCUT2D eigenvalue weighted by molar-refractivity contribution is 5.78. The number of carbonyl (C=O) groups is 1. The van der Waals surface area contributed by atoms with Gasteiger partial charge in [0.15, 0.2) is 0 Å². The summed E-state index contributed by atoms with van der Waals surface area (Å²) in [5, 5.41) is 3.14. The molecular weight excluding hydrogens is 353 g/mol. The SMILES string of the molecule is O=C(CNCCc1ccccc1F)N1CCN(C/C=C/c2ccccc2)CC1. The number of nitrogens with zero attached hydrogens (tertiary/aromatic N) is 2. The molecule has 0 aromatic heterocycles. The molecule has 3 rings (SSSR count). The number of benzene rings is 2. The molecule has 1 aliphatic heterocycles. The molecule has 2 aromatic carbocycles. The minimum Gasteiger partial charge on any atom is -0.339 e. The van der Waals surface area contributed by atoms with E-state index >= 15 is 0 Å². The van der Waals surface area contributed by atoms with E-state index in [0.29, 0.717) is 25.1 Å². The average Bonchev–Trinajstić information content (AvgIpc) is 2.73. The van der Waals surface area contributed by atoms with Crippen LogP contribution >= 0.6 is 0 Å². The second-order valence-corrected chi connectivity index (χ2v) is 7.01. The number of halogens is 1. The van der Waals surface area contributed by atoms with E-state index in [2.05, 4.69) is 34.5 Å². The van der Waals surface area contributed by atoms with Crippen LogP contribution in [0.25, 0.3) is 6.08 Å². The number of hydrogen-bond acceptors (Lipinski definition) is 3. The molecule has 0 bridgehead atoms. The number of rotatable bonds is 8. The highest BCUT2D eigenvalue weighted by Crippen LogP contribution is 2.07. The lowest BCUT2D eigenvalue weighted by molar-refractivity contribution is -0.131. The Labute approximate surface area is 166 Å². The first kappa shape index (κ1) is 20.2. The van der Waals surface area contributed by atoms with Gasteiger partial charge in [-0.3, -0.25) is 9.69 Å². The van der Waals surface area contributed by atoms with Gasteiger partial charge in [0.1, 0.15) is 5.82 Å². The van der Waals surface area contributed by atoms with E-state index in [4.69, 9.17) is 0 Å². The van der Waals surface area contributed by atoms with Crippen molar-refractivity contribution in [2.24, 2.45) is 0 Å². The number of amides is 1. The Morgan fingerprint density at radius 1 is 1.00 bits per heavy atom. The molecule has 28 heavy (non-hydrogen) atoms. The lowest BCUT2D eigenvalue weighted by Crippen LogP contribution is -2.50. The molecule has 1 heterocycles. The number of carbonyl (C=O) groups excluding carboxylic acids is 1. The predicted octanol–water partition coefficient (Wildman–Crippen LogP) is 2.82. The van der Waals surface area contributed by atoms with Gasteiger partial charge in [0.2, 0.25) is 5.91 Å². The lowest BCUT2D eigenvalue weighted by Gasteiger charge is -2.34. The van der Waals surface area contributed by atoms with Crippen LogP contribution in [-0.4, -0.2) is 61.5 Å². The van der Waals surface area contributed by atoms with Gasteiger partial charge in [-0.25, -0.2) is 4.39 Å². The Kier molecular flexibility index (Phi) is 7.76. The summed E-state index contributed by atoms with van der Waals surface area (Å²) in [7, 11) is 0. The van der Waals surface area contributed by atoms with Gasteiger partial charge in [0.05, 0.1) is 6.54 Å². The first-order valence-corrected chi connectivity index (χ1v) is 9.88. The third kappa shape index (κ3) is 6.29. The van der Waals surface area contributed by atoms with Gasteiger partial charge in [0, 0.05) is 32.7 Å². The smallest absolute Gasteiger partial charge is 0.236 e. The van der Waals surface area contributed by atoms with Crippen molar-refractivity contribution in [3.63, 3.8) is 0 Å². The van der Waals surface area contributed by atoms with E-state index < -0.39 is 0 Å². The lowest BCUT2D eigenvalue weighted by atomic mass is 10.1. The van der Waals surface area contributed by atoms with Crippen LogP contribution in [0.15, 0.2) is 60.7 Å². The molecule has 1 N–H and O–H groups in total.